The van der Waals surface area contributed by atoms with Crippen LogP contribution in [0.2, 0.25) is 0 Å². The quantitative estimate of drug-likeness (QED) is 0.828. The number of carbonyl (C=O) groups excluding carboxylic acids is 1. The van der Waals surface area contributed by atoms with Gasteiger partial charge in [-0.05, 0) is 50.2 Å². The summed E-state index contributed by atoms with van der Waals surface area (Å²) in [6, 6.07) is 13.0. The van der Waals surface area contributed by atoms with Crippen LogP contribution in [-0.4, -0.2) is 51.0 Å². The molecule has 0 unspecified atom stereocenters. The maximum atomic E-state index is 12.9. The monoisotopic (exact) mass is 404 g/mol. The zero-order valence-corrected chi connectivity index (χ0v) is 16.9. The van der Waals surface area contributed by atoms with E-state index in [1.165, 1.54) is 35.7 Å². The molecule has 0 aliphatic carbocycles. The molecule has 1 N–H and O–H groups in total. The number of morpholine rings is 1. The third kappa shape index (κ3) is 4.35. The van der Waals surface area contributed by atoms with E-state index >= 15 is 0 Å². The minimum Gasteiger partial charge on any atom is -0.495 e. The van der Waals surface area contributed by atoms with E-state index in [-0.39, 0.29) is 23.0 Å². The zero-order valence-electron chi connectivity index (χ0n) is 16.1. The molecule has 1 aliphatic heterocycles. The summed E-state index contributed by atoms with van der Waals surface area (Å²) in [6.45, 7) is 4.32. The average molecular weight is 404 g/mol. The third-order valence-corrected chi connectivity index (χ3v) is 6.34. The van der Waals surface area contributed by atoms with Gasteiger partial charge in [0, 0.05) is 18.7 Å². The lowest BCUT2D eigenvalue weighted by Gasteiger charge is -2.34. The van der Waals surface area contributed by atoms with Crippen LogP contribution in [0.1, 0.15) is 24.2 Å². The van der Waals surface area contributed by atoms with Crippen molar-refractivity contribution in [2.75, 3.05) is 25.5 Å². The predicted octanol–water partition coefficient (Wildman–Crippen LogP) is 2.75. The maximum absolute atomic E-state index is 12.9. The van der Waals surface area contributed by atoms with Gasteiger partial charge >= 0.3 is 0 Å². The normalized spacial score (nSPS) is 20.5. The van der Waals surface area contributed by atoms with Gasteiger partial charge in [-0.2, -0.15) is 4.31 Å². The van der Waals surface area contributed by atoms with Crippen molar-refractivity contribution < 1.29 is 22.7 Å². The molecule has 2 atom stereocenters. The molecule has 7 nitrogen and oxygen atoms in total. The van der Waals surface area contributed by atoms with Crippen molar-refractivity contribution >= 4 is 21.6 Å². The largest absolute Gasteiger partial charge is 0.495 e. The second-order valence-corrected chi connectivity index (χ2v) is 8.70. The number of nitrogens with one attached hydrogen (secondary N) is 1. The van der Waals surface area contributed by atoms with E-state index < -0.39 is 10.0 Å². The first kappa shape index (κ1) is 20.3. The van der Waals surface area contributed by atoms with E-state index in [9.17, 15) is 13.2 Å². The van der Waals surface area contributed by atoms with Crippen molar-refractivity contribution in [2.45, 2.75) is 31.0 Å². The molecule has 28 heavy (non-hydrogen) atoms. The Labute approximate surface area is 165 Å². The van der Waals surface area contributed by atoms with Gasteiger partial charge in [0.05, 0.1) is 29.9 Å². The van der Waals surface area contributed by atoms with Crippen LogP contribution in [0, 0.1) is 0 Å². The molecular weight excluding hydrogens is 380 g/mol. The molecule has 1 amide bonds. The second kappa shape index (κ2) is 8.30. The third-order valence-electron chi connectivity index (χ3n) is 4.50. The van der Waals surface area contributed by atoms with E-state index in [0.29, 0.717) is 30.1 Å². The fraction of sp³-hybridized carbons (Fsp3) is 0.350. The molecule has 1 aliphatic rings. The fourth-order valence-corrected chi connectivity index (χ4v) is 4.79. The molecule has 3 rings (SSSR count). The Morgan fingerprint density at radius 1 is 1.07 bits per heavy atom. The topological polar surface area (TPSA) is 84.9 Å². The van der Waals surface area contributed by atoms with Crippen LogP contribution < -0.4 is 10.1 Å². The highest BCUT2D eigenvalue weighted by Crippen LogP contribution is 2.25. The lowest BCUT2D eigenvalue weighted by Crippen LogP contribution is -2.48. The summed E-state index contributed by atoms with van der Waals surface area (Å²) in [5, 5.41) is 2.77. The number of rotatable bonds is 5. The number of ether oxygens (including phenoxy) is 2. The number of amides is 1. The number of anilines is 1. The van der Waals surface area contributed by atoms with Gasteiger partial charge in [-0.1, -0.05) is 12.1 Å². The zero-order chi connectivity index (χ0) is 20.3. The molecule has 1 fully saturated rings. The first-order chi connectivity index (χ1) is 13.3. The van der Waals surface area contributed by atoms with Crippen LogP contribution in [0.4, 0.5) is 5.69 Å². The van der Waals surface area contributed by atoms with Gasteiger partial charge in [0.15, 0.2) is 0 Å². The summed E-state index contributed by atoms with van der Waals surface area (Å²) >= 11 is 0. The van der Waals surface area contributed by atoms with Crippen molar-refractivity contribution in [3.05, 3.63) is 54.1 Å². The standard InChI is InChI=1S/C20H24N2O5S/c1-14-12-22(13-15(2)27-14)28(24,25)17-10-8-16(9-11-17)20(23)21-18-6-4-5-7-19(18)26-3/h4-11,14-15H,12-13H2,1-3H3,(H,21,23)/t14-,15-/m0/s1. The van der Waals surface area contributed by atoms with Crippen LogP contribution >= 0.6 is 0 Å². The Morgan fingerprint density at radius 2 is 1.68 bits per heavy atom. The summed E-state index contributed by atoms with van der Waals surface area (Å²) in [4.78, 5) is 12.6. The van der Waals surface area contributed by atoms with Gasteiger partial charge in [-0.3, -0.25) is 4.79 Å². The van der Waals surface area contributed by atoms with Crippen LogP contribution in [0.25, 0.3) is 0 Å². The summed E-state index contributed by atoms with van der Waals surface area (Å²) < 4.78 is 38.0. The Hall–Kier alpha value is -2.42. The van der Waals surface area contributed by atoms with Gasteiger partial charge in [0.2, 0.25) is 10.0 Å². The van der Waals surface area contributed by atoms with Crippen molar-refractivity contribution in [3.8, 4) is 5.75 Å². The van der Waals surface area contributed by atoms with E-state index in [1.807, 2.05) is 19.9 Å². The van der Waals surface area contributed by atoms with Crippen molar-refractivity contribution in [3.63, 3.8) is 0 Å². The van der Waals surface area contributed by atoms with Crippen LogP contribution in [0.3, 0.4) is 0 Å². The highest BCUT2D eigenvalue weighted by atomic mass is 32.2. The van der Waals surface area contributed by atoms with E-state index in [1.54, 1.807) is 18.2 Å². The molecule has 0 spiro atoms. The lowest BCUT2D eigenvalue weighted by molar-refractivity contribution is -0.0440. The minimum absolute atomic E-state index is 0.155. The molecule has 0 radical (unpaired) electrons. The number of sulfonamides is 1. The molecule has 8 heteroatoms. The lowest BCUT2D eigenvalue weighted by atomic mass is 10.2. The number of carbonyl (C=O) groups is 1. The number of hydrogen-bond acceptors (Lipinski definition) is 5. The van der Waals surface area contributed by atoms with Crippen molar-refractivity contribution in [2.24, 2.45) is 0 Å². The fourth-order valence-electron chi connectivity index (χ4n) is 3.20. The molecular formula is C20H24N2O5S. The molecule has 0 bridgehead atoms. The predicted molar refractivity (Wildman–Crippen MR) is 106 cm³/mol. The Bertz CT molecular complexity index is 933. The van der Waals surface area contributed by atoms with Gasteiger partial charge in [-0.15, -0.1) is 0 Å². The molecule has 0 aromatic heterocycles. The Kier molecular flexibility index (Phi) is 6.02. The van der Waals surface area contributed by atoms with Gasteiger partial charge < -0.3 is 14.8 Å². The number of para-hydroxylation sites is 2. The van der Waals surface area contributed by atoms with Crippen molar-refractivity contribution in [1.29, 1.82) is 0 Å². The van der Waals surface area contributed by atoms with Gasteiger partial charge in [0.1, 0.15) is 5.75 Å². The van der Waals surface area contributed by atoms with Crippen LogP contribution in [-0.2, 0) is 14.8 Å². The molecule has 2 aromatic carbocycles. The van der Waals surface area contributed by atoms with E-state index in [2.05, 4.69) is 5.32 Å². The first-order valence-electron chi connectivity index (χ1n) is 9.01. The average Bonchev–Trinajstić information content (AvgIpc) is 2.67. The Balaban J connectivity index is 1.76. The molecule has 1 saturated heterocycles. The highest BCUT2D eigenvalue weighted by molar-refractivity contribution is 7.89. The number of hydrogen-bond donors (Lipinski definition) is 1. The highest BCUT2D eigenvalue weighted by Gasteiger charge is 2.32. The SMILES string of the molecule is COc1ccccc1NC(=O)c1ccc(S(=O)(=O)N2C[C@H](C)O[C@@H](C)C2)cc1. The second-order valence-electron chi connectivity index (χ2n) is 6.76. The van der Waals surface area contributed by atoms with Crippen LogP contribution in [0.5, 0.6) is 5.75 Å². The maximum Gasteiger partial charge on any atom is 0.255 e. The Morgan fingerprint density at radius 3 is 2.29 bits per heavy atom. The molecule has 1 heterocycles. The van der Waals surface area contributed by atoms with Gasteiger partial charge in [-0.25, -0.2) is 8.42 Å². The number of benzene rings is 2. The summed E-state index contributed by atoms with van der Waals surface area (Å²) in [5.41, 5.74) is 0.900. The van der Waals surface area contributed by atoms with Crippen LogP contribution in [0.15, 0.2) is 53.4 Å². The number of nitrogens with zero attached hydrogens (tertiary/aromatic N) is 1. The summed E-state index contributed by atoms with van der Waals surface area (Å²) in [7, 11) is -2.11. The number of methoxy groups -OCH3 is 1. The smallest absolute Gasteiger partial charge is 0.255 e. The molecule has 0 saturated carbocycles. The summed E-state index contributed by atoms with van der Waals surface area (Å²) in [5.74, 6) is 0.202. The molecule has 150 valence electrons. The first-order valence-corrected chi connectivity index (χ1v) is 10.5. The minimum atomic E-state index is -3.64. The van der Waals surface area contributed by atoms with Gasteiger partial charge in [0.25, 0.3) is 5.91 Å². The van der Waals surface area contributed by atoms with Crippen molar-refractivity contribution in [1.82, 2.24) is 4.31 Å². The summed E-state index contributed by atoms with van der Waals surface area (Å²) in [6.07, 6.45) is -0.325. The van der Waals surface area contributed by atoms with E-state index in [0.717, 1.165) is 0 Å². The van der Waals surface area contributed by atoms with E-state index in [4.69, 9.17) is 9.47 Å². The molecule has 2 aromatic rings.